The predicted octanol–water partition coefficient (Wildman–Crippen LogP) is 5.14. The van der Waals surface area contributed by atoms with Crippen molar-refractivity contribution < 1.29 is 0 Å². The van der Waals surface area contributed by atoms with E-state index in [4.69, 9.17) is 0 Å². The molecule has 86 valence electrons. The van der Waals surface area contributed by atoms with Crippen molar-refractivity contribution >= 4 is 0 Å². The van der Waals surface area contributed by atoms with E-state index >= 15 is 0 Å². The first kappa shape index (κ1) is 14.4. The third-order valence-corrected chi connectivity index (χ3v) is 2.28. The number of rotatable bonds is 5. The van der Waals surface area contributed by atoms with E-state index < -0.39 is 0 Å². The summed E-state index contributed by atoms with van der Waals surface area (Å²) in [6.45, 7) is 12.0. The van der Waals surface area contributed by atoms with Gasteiger partial charge >= 0.3 is 0 Å². The summed E-state index contributed by atoms with van der Waals surface area (Å²) in [6.07, 6.45) is 16.3. The second-order valence-corrected chi connectivity index (χ2v) is 3.42. The number of allylic oxidation sites excluding steroid dienone is 11. The van der Waals surface area contributed by atoms with Gasteiger partial charge in [-0.05, 0) is 44.4 Å². The molecule has 0 aromatic rings. The molecule has 0 aliphatic heterocycles. The molecular formula is C16H22. The standard InChI is InChI=1S/C16H22/c1-6-10-11-13-15(8-3)16(9-4)14(5)12-7-2/h6-13H,2H2,1,3-5H3/b10-6-,13-11-,14-12-,15-8+,16-9+. The molecule has 0 saturated carbocycles. The Kier molecular flexibility index (Phi) is 7.87. The van der Waals surface area contributed by atoms with E-state index in [2.05, 4.69) is 51.7 Å². The van der Waals surface area contributed by atoms with Crippen molar-refractivity contribution in [2.24, 2.45) is 0 Å². The second-order valence-electron chi connectivity index (χ2n) is 3.42. The van der Waals surface area contributed by atoms with Gasteiger partial charge in [-0.15, -0.1) is 0 Å². The lowest BCUT2D eigenvalue weighted by molar-refractivity contribution is 1.34. The Hall–Kier alpha value is -1.56. The monoisotopic (exact) mass is 214 g/mol. The van der Waals surface area contributed by atoms with Crippen molar-refractivity contribution in [1.82, 2.24) is 0 Å². The van der Waals surface area contributed by atoms with E-state index in [1.54, 1.807) is 0 Å². The van der Waals surface area contributed by atoms with Crippen molar-refractivity contribution in [2.45, 2.75) is 27.7 Å². The first-order valence-corrected chi connectivity index (χ1v) is 5.63. The smallest absolute Gasteiger partial charge is 0.0201 e. The van der Waals surface area contributed by atoms with E-state index in [1.165, 1.54) is 16.7 Å². The van der Waals surface area contributed by atoms with E-state index in [0.717, 1.165) is 0 Å². The molecule has 0 aliphatic rings. The fourth-order valence-corrected chi connectivity index (χ4v) is 1.50. The average Bonchev–Trinajstić information content (AvgIpc) is 2.28. The summed E-state index contributed by atoms with van der Waals surface area (Å²) in [5, 5.41) is 0. The van der Waals surface area contributed by atoms with Gasteiger partial charge in [-0.3, -0.25) is 0 Å². The van der Waals surface area contributed by atoms with Gasteiger partial charge in [0.25, 0.3) is 0 Å². The van der Waals surface area contributed by atoms with Gasteiger partial charge < -0.3 is 0 Å². The van der Waals surface area contributed by atoms with E-state index in [9.17, 15) is 0 Å². The molecule has 0 unspecified atom stereocenters. The Morgan fingerprint density at radius 2 is 1.69 bits per heavy atom. The summed E-state index contributed by atoms with van der Waals surface area (Å²) >= 11 is 0. The molecule has 0 fully saturated rings. The van der Waals surface area contributed by atoms with Crippen LogP contribution >= 0.6 is 0 Å². The Labute approximate surface area is 100 Å². The Bertz CT molecular complexity index is 357. The predicted molar refractivity (Wildman–Crippen MR) is 75.4 cm³/mol. The summed E-state index contributed by atoms with van der Waals surface area (Å²) < 4.78 is 0. The SMILES string of the molecule is C=C\C=C(C)/C(=C\C)C(/C=C\C=C/C)=C/C. The molecular weight excluding hydrogens is 192 g/mol. The highest BCUT2D eigenvalue weighted by Crippen LogP contribution is 2.20. The first-order valence-electron chi connectivity index (χ1n) is 5.63. The highest BCUT2D eigenvalue weighted by Gasteiger charge is 2.01. The third kappa shape index (κ3) is 4.79. The molecule has 0 aliphatic carbocycles. The molecule has 0 aromatic carbocycles. The first-order chi connectivity index (χ1) is 7.71. The minimum Gasteiger partial charge on any atom is -0.0991 e. The van der Waals surface area contributed by atoms with Gasteiger partial charge in [0.1, 0.15) is 0 Å². The van der Waals surface area contributed by atoms with Crippen LogP contribution in [0.2, 0.25) is 0 Å². The van der Waals surface area contributed by atoms with Crippen LogP contribution < -0.4 is 0 Å². The number of hydrogen-bond acceptors (Lipinski definition) is 0. The van der Waals surface area contributed by atoms with Gasteiger partial charge in [0.2, 0.25) is 0 Å². The molecule has 0 bridgehead atoms. The molecule has 0 heteroatoms. The zero-order valence-electron chi connectivity index (χ0n) is 10.8. The fraction of sp³-hybridized carbons (Fsp3) is 0.250. The lowest BCUT2D eigenvalue weighted by Crippen LogP contribution is -1.88. The largest absolute Gasteiger partial charge is 0.0991 e. The topological polar surface area (TPSA) is 0 Å². The van der Waals surface area contributed by atoms with Gasteiger partial charge in [-0.1, -0.05) is 55.2 Å². The zero-order chi connectivity index (χ0) is 12.4. The molecule has 0 aromatic heterocycles. The molecule has 0 amide bonds. The van der Waals surface area contributed by atoms with Crippen LogP contribution in [0.15, 0.2) is 71.9 Å². The highest BCUT2D eigenvalue weighted by atomic mass is 14.1. The zero-order valence-corrected chi connectivity index (χ0v) is 10.8. The van der Waals surface area contributed by atoms with Gasteiger partial charge in [0.05, 0.1) is 0 Å². The lowest BCUT2D eigenvalue weighted by atomic mass is 9.97. The van der Waals surface area contributed by atoms with Crippen LogP contribution in [0.5, 0.6) is 0 Å². The minimum atomic E-state index is 1.23. The van der Waals surface area contributed by atoms with Gasteiger partial charge in [0, 0.05) is 0 Å². The molecule has 0 radical (unpaired) electrons. The summed E-state index contributed by atoms with van der Waals surface area (Å²) in [6, 6.07) is 0. The summed E-state index contributed by atoms with van der Waals surface area (Å²) in [7, 11) is 0. The molecule has 16 heavy (non-hydrogen) atoms. The molecule has 0 spiro atoms. The quantitative estimate of drug-likeness (QED) is 0.556. The van der Waals surface area contributed by atoms with Gasteiger partial charge in [0.15, 0.2) is 0 Å². The van der Waals surface area contributed by atoms with Crippen LogP contribution in [0, 0.1) is 0 Å². The maximum Gasteiger partial charge on any atom is -0.0201 e. The Morgan fingerprint density at radius 3 is 2.12 bits per heavy atom. The van der Waals surface area contributed by atoms with Crippen LogP contribution in [0.4, 0.5) is 0 Å². The van der Waals surface area contributed by atoms with E-state index in [0.29, 0.717) is 0 Å². The molecule has 0 heterocycles. The minimum absolute atomic E-state index is 1.23. The summed E-state index contributed by atoms with van der Waals surface area (Å²) in [5.74, 6) is 0. The van der Waals surface area contributed by atoms with Crippen LogP contribution in [0.25, 0.3) is 0 Å². The van der Waals surface area contributed by atoms with Crippen molar-refractivity contribution in [2.75, 3.05) is 0 Å². The van der Waals surface area contributed by atoms with Gasteiger partial charge in [-0.2, -0.15) is 0 Å². The lowest BCUT2D eigenvalue weighted by Gasteiger charge is -2.08. The van der Waals surface area contributed by atoms with Crippen LogP contribution in [0.3, 0.4) is 0 Å². The molecule has 0 atom stereocenters. The Morgan fingerprint density at radius 1 is 1.00 bits per heavy atom. The van der Waals surface area contributed by atoms with Crippen LogP contribution in [-0.4, -0.2) is 0 Å². The van der Waals surface area contributed by atoms with Crippen LogP contribution in [-0.2, 0) is 0 Å². The van der Waals surface area contributed by atoms with E-state index in [-0.39, 0.29) is 0 Å². The normalized spacial score (nSPS) is 15.1. The molecule has 0 saturated heterocycles. The summed E-state index contributed by atoms with van der Waals surface area (Å²) in [5.41, 5.74) is 3.72. The molecule has 0 rings (SSSR count). The van der Waals surface area contributed by atoms with Crippen molar-refractivity contribution in [3.63, 3.8) is 0 Å². The van der Waals surface area contributed by atoms with Crippen molar-refractivity contribution in [3.8, 4) is 0 Å². The summed E-state index contributed by atoms with van der Waals surface area (Å²) in [4.78, 5) is 0. The Balaban J connectivity index is 5.09. The third-order valence-electron chi connectivity index (χ3n) is 2.28. The molecule has 0 N–H and O–H groups in total. The fourth-order valence-electron chi connectivity index (χ4n) is 1.50. The maximum absolute atomic E-state index is 3.73. The highest BCUT2D eigenvalue weighted by molar-refractivity contribution is 5.51. The van der Waals surface area contributed by atoms with E-state index in [1.807, 2.05) is 31.2 Å². The van der Waals surface area contributed by atoms with Crippen LogP contribution in [0.1, 0.15) is 27.7 Å². The number of hydrogen-bond donors (Lipinski definition) is 0. The van der Waals surface area contributed by atoms with Crippen molar-refractivity contribution in [3.05, 3.63) is 71.9 Å². The second kappa shape index (κ2) is 8.72. The van der Waals surface area contributed by atoms with Gasteiger partial charge in [-0.25, -0.2) is 0 Å². The maximum atomic E-state index is 3.73. The average molecular weight is 214 g/mol. The van der Waals surface area contributed by atoms with Crippen molar-refractivity contribution in [1.29, 1.82) is 0 Å². The molecule has 0 nitrogen and oxygen atoms in total.